The molecule has 0 aliphatic carbocycles. The van der Waals surface area contributed by atoms with Crippen LogP contribution in [0.3, 0.4) is 0 Å². The molecule has 0 spiro atoms. The molecule has 114 valence electrons. The highest BCUT2D eigenvalue weighted by molar-refractivity contribution is 5.78. The van der Waals surface area contributed by atoms with Gasteiger partial charge in [0.15, 0.2) is 0 Å². The summed E-state index contributed by atoms with van der Waals surface area (Å²) in [6.45, 7) is 7.03. The van der Waals surface area contributed by atoms with Gasteiger partial charge in [-0.25, -0.2) is 0 Å². The maximum Gasteiger partial charge on any atom is 0.224 e. The zero-order chi connectivity index (χ0) is 15.5. The van der Waals surface area contributed by atoms with Crippen LogP contribution in [0.15, 0.2) is 47.1 Å². The molecule has 0 aliphatic heterocycles. The van der Waals surface area contributed by atoms with E-state index in [1.165, 1.54) is 6.42 Å². The van der Waals surface area contributed by atoms with Crippen LogP contribution >= 0.6 is 0 Å². The summed E-state index contributed by atoms with van der Waals surface area (Å²) >= 11 is 0. The van der Waals surface area contributed by atoms with Gasteiger partial charge in [-0.1, -0.05) is 51.5 Å². The molecule has 3 nitrogen and oxygen atoms in total. The van der Waals surface area contributed by atoms with Gasteiger partial charge in [-0.2, -0.15) is 0 Å². The summed E-state index contributed by atoms with van der Waals surface area (Å²) < 4.78 is 5.31. The molecule has 0 atom stereocenters. The Morgan fingerprint density at radius 2 is 1.76 bits per heavy atom. The van der Waals surface area contributed by atoms with Crippen molar-refractivity contribution in [3.05, 3.63) is 48.2 Å². The molecule has 2 rings (SSSR count). The molecule has 0 saturated heterocycles. The van der Waals surface area contributed by atoms with E-state index in [-0.39, 0.29) is 5.91 Å². The van der Waals surface area contributed by atoms with Crippen LogP contribution in [-0.2, 0) is 11.2 Å². The summed E-state index contributed by atoms with van der Waals surface area (Å²) in [5, 5.41) is 2.87. The van der Waals surface area contributed by atoms with Crippen LogP contribution in [0.4, 0.5) is 0 Å². The first kappa shape index (κ1) is 17.0. The van der Waals surface area contributed by atoms with E-state index in [0.717, 1.165) is 29.9 Å². The smallest absolute Gasteiger partial charge is 0.224 e. The van der Waals surface area contributed by atoms with Gasteiger partial charge < -0.3 is 9.73 Å². The van der Waals surface area contributed by atoms with Gasteiger partial charge >= 0.3 is 0 Å². The van der Waals surface area contributed by atoms with Crippen molar-refractivity contribution < 1.29 is 9.21 Å². The highest BCUT2D eigenvalue weighted by Gasteiger charge is 2.04. The third kappa shape index (κ3) is 6.30. The van der Waals surface area contributed by atoms with Gasteiger partial charge in [-0.3, -0.25) is 4.79 Å². The molecule has 0 radical (unpaired) electrons. The summed E-state index contributed by atoms with van der Waals surface area (Å²) in [6, 6.07) is 11.7. The Balaban J connectivity index is 0.000000677. The summed E-state index contributed by atoms with van der Waals surface area (Å²) in [4.78, 5) is 11.6. The number of hydrogen-bond donors (Lipinski definition) is 1. The number of hydrogen-bond acceptors (Lipinski definition) is 2. The Hall–Kier alpha value is -2.03. The Morgan fingerprint density at radius 3 is 2.29 bits per heavy atom. The molecule has 1 heterocycles. The van der Waals surface area contributed by atoms with E-state index in [1.807, 2.05) is 43.3 Å². The maximum atomic E-state index is 11.6. The number of furan rings is 1. The van der Waals surface area contributed by atoms with Crippen LogP contribution in [0.5, 0.6) is 0 Å². The van der Waals surface area contributed by atoms with Gasteiger partial charge in [0.1, 0.15) is 5.76 Å². The molecular weight excluding hydrogens is 262 g/mol. The van der Waals surface area contributed by atoms with Gasteiger partial charge in [0, 0.05) is 12.1 Å². The van der Waals surface area contributed by atoms with Crippen molar-refractivity contribution in [2.24, 2.45) is 0 Å². The fraction of sp³-hybridized carbons (Fsp3) is 0.389. The monoisotopic (exact) mass is 287 g/mol. The fourth-order valence-corrected chi connectivity index (χ4v) is 1.74. The highest BCUT2D eigenvalue weighted by atomic mass is 16.3. The topological polar surface area (TPSA) is 42.2 Å². The number of carbonyl (C=O) groups is 1. The molecule has 1 aromatic heterocycles. The van der Waals surface area contributed by atoms with Gasteiger partial charge in [-0.15, -0.1) is 0 Å². The van der Waals surface area contributed by atoms with Gasteiger partial charge in [0.2, 0.25) is 5.91 Å². The molecule has 1 aromatic carbocycles. The van der Waals surface area contributed by atoms with Crippen LogP contribution in [0.2, 0.25) is 0 Å². The number of nitrogens with one attached hydrogen (secondary N) is 1. The minimum absolute atomic E-state index is 0.0719. The second-order valence-corrected chi connectivity index (χ2v) is 4.91. The van der Waals surface area contributed by atoms with Crippen LogP contribution in [0.25, 0.3) is 11.3 Å². The molecule has 0 saturated carbocycles. The van der Waals surface area contributed by atoms with Crippen molar-refractivity contribution in [3.8, 4) is 11.3 Å². The molecule has 0 unspecified atom stereocenters. The summed E-state index contributed by atoms with van der Waals surface area (Å²) in [5.41, 5.74) is 2.04. The second-order valence-electron chi connectivity index (χ2n) is 4.91. The lowest BCUT2D eigenvalue weighted by Gasteiger charge is -2.04. The Kier molecular flexibility index (Phi) is 7.95. The van der Waals surface area contributed by atoms with Crippen LogP contribution < -0.4 is 5.32 Å². The van der Waals surface area contributed by atoms with Gasteiger partial charge in [-0.05, 0) is 24.1 Å². The molecule has 0 bridgehead atoms. The first-order chi connectivity index (χ1) is 10.2. The average Bonchev–Trinajstić information content (AvgIpc) is 3.01. The molecule has 1 N–H and O–H groups in total. The van der Waals surface area contributed by atoms with Crippen LogP contribution in [-0.4, -0.2) is 12.5 Å². The van der Waals surface area contributed by atoms with Crippen molar-refractivity contribution in [3.63, 3.8) is 0 Å². The zero-order valence-corrected chi connectivity index (χ0v) is 13.2. The molecule has 2 aromatic rings. The number of rotatable bonds is 5. The lowest BCUT2D eigenvalue weighted by Crippen LogP contribution is -2.25. The molecule has 21 heavy (non-hydrogen) atoms. The van der Waals surface area contributed by atoms with E-state index in [4.69, 9.17) is 4.42 Å². The highest BCUT2D eigenvalue weighted by Crippen LogP contribution is 2.20. The van der Waals surface area contributed by atoms with Crippen molar-refractivity contribution in [1.29, 1.82) is 0 Å². The van der Waals surface area contributed by atoms with Crippen molar-refractivity contribution in [1.82, 2.24) is 5.32 Å². The molecular formula is C18H25NO2. The van der Waals surface area contributed by atoms with Gasteiger partial charge in [0.25, 0.3) is 0 Å². The lowest BCUT2D eigenvalue weighted by molar-refractivity contribution is -0.120. The first-order valence-electron chi connectivity index (χ1n) is 7.60. The van der Waals surface area contributed by atoms with Crippen LogP contribution in [0, 0.1) is 0 Å². The minimum atomic E-state index is 0.0719. The number of carbonyl (C=O) groups excluding carboxylic acids is 1. The molecule has 0 fully saturated rings. The van der Waals surface area contributed by atoms with E-state index in [0.29, 0.717) is 6.42 Å². The van der Waals surface area contributed by atoms with Crippen molar-refractivity contribution in [2.45, 2.75) is 40.0 Å². The minimum Gasteiger partial charge on any atom is -0.464 e. The largest absolute Gasteiger partial charge is 0.464 e. The predicted octanol–water partition coefficient (Wildman–Crippen LogP) is 4.43. The standard InChI is InChI=1S/C15H17NO2.C3H8/c1-2-9-16-15(17)11-12-5-7-13(8-6-12)14-4-3-10-18-14;1-3-2/h3-8,10H,2,9,11H2,1H3,(H,16,17);3H2,1-2H3. The average molecular weight is 287 g/mol. The number of amides is 1. The molecule has 0 aliphatic rings. The van der Waals surface area contributed by atoms with Crippen molar-refractivity contribution >= 4 is 5.91 Å². The second kappa shape index (κ2) is 9.81. The van der Waals surface area contributed by atoms with E-state index in [2.05, 4.69) is 19.2 Å². The van der Waals surface area contributed by atoms with E-state index >= 15 is 0 Å². The Bertz CT molecular complexity index is 501. The first-order valence-corrected chi connectivity index (χ1v) is 7.60. The fourth-order valence-electron chi connectivity index (χ4n) is 1.74. The predicted molar refractivity (Wildman–Crippen MR) is 87.1 cm³/mol. The quantitative estimate of drug-likeness (QED) is 0.883. The normalized spacial score (nSPS) is 9.67. The Morgan fingerprint density at radius 1 is 1.10 bits per heavy atom. The third-order valence-electron chi connectivity index (χ3n) is 2.70. The summed E-state index contributed by atoms with van der Waals surface area (Å²) in [7, 11) is 0. The Labute approximate surface area is 127 Å². The van der Waals surface area contributed by atoms with Gasteiger partial charge in [0.05, 0.1) is 12.7 Å². The molecule has 3 heteroatoms. The van der Waals surface area contributed by atoms with Crippen molar-refractivity contribution in [2.75, 3.05) is 6.54 Å². The zero-order valence-electron chi connectivity index (χ0n) is 13.2. The lowest BCUT2D eigenvalue weighted by atomic mass is 10.1. The summed E-state index contributed by atoms with van der Waals surface area (Å²) in [5.74, 6) is 0.916. The van der Waals surface area contributed by atoms with Crippen LogP contribution in [0.1, 0.15) is 39.2 Å². The molecule has 1 amide bonds. The van der Waals surface area contributed by atoms with E-state index in [1.54, 1.807) is 6.26 Å². The van der Waals surface area contributed by atoms with E-state index in [9.17, 15) is 4.79 Å². The summed E-state index contributed by atoms with van der Waals surface area (Å²) in [6.07, 6.45) is 4.29. The third-order valence-corrected chi connectivity index (χ3v) is 2.70. The maximum absolute atomic E-state index is 11.6. The SMILES string of the molecule is CCC.CCCNC(=O)Cc1ccc(-c2ccco2)cc1. The number of benzene rings is 1. The van der Waals surface area contributed by atoms with E-state index < -0.39 is 0 Å².